The average Bonchev–Trinajstić information content (AvgIpc) is 2.35. The zero-order valence-electron chi connectivity index (χ0n) is 10.2. The molecule has 0 heterocycles. The highest BCUT2D eigenvalue weighted by molar-refractivity contribution is 7.99. The quantitative estimate of drug-likeness (QED) is 0.635. The molecule has 2 nitrogen and oxygen atoms in total. The molecule has 0 aromatic heterocycles. The minimum absolute atomic E-state index is 0.0457. The molecule has 0 aliphatic heterocycles. The van der Waals surface area contributed by atoms with E-state index in [0.717, 1.165) is 15.4 Å². The van der Waals surface area contributed by atoms with E-state index in [2.05, 4.69) is 0 Å². The first kappa shape index (κ1) is 14.3. The Morgan fingerprint density at radius 1 is 1.21 bits per heavy atom. The molecular formula is C14H12Cl2N2S. The number of hydrogen-bond acceptors (Lipinski definition) is 2. The van der Waals surface area contributed by atoms with Crippen LogP contribution in [0.1, 0.15) is 11.1 Å². The van der Waals surface area contributed by atoms with Crippen LogP contribution in [-0.4, -0.2) is 5.84 Å². The number of nitrogens with one attached hydrogen (secondary N) is 1. The van der Waals surface area contributed by atoms with E-state index < -0.39 is 0 Å². The van der Waals surface area contributed by atoms with Crippen molar-refractivity contribution >= 4 is 40.8 Å². The first-order valence-electron chi connectivity index (χ1n) is 5.56. The first-order chi connectivity index (χ1) is 8.99. The molecule has 0 fully saturated rings. The molecule has 5 heteroatoms. The van der Waals surface area contributed by atoms with Crippen LogP contribution in [0.5, 0.6) is 0 Å². The zero-order valence-corrected chi connectivity index (χ0v) is 12.5. The SMILES string of the molecule is Cc1cccc(C(=N)N)c1Sc1cc(Cl)ccc1Cl. The molecule has 0 saturated heterocycles. The molecule has 0 radical (unpaired) electrons. The Kier molecular flexibility index (Phi) is 4.40. The van der Waals surface area contributed by atoms with Gasteiger partial charge in [0.05, 0.1) is 5.02 Å². The molecule has 2 aromatic rings. The van der Waals surface area contributed by atoms with E-state index >= 15 is 0 Å². The third-order valence-corrected chi connectivity index (χ3v) is 4.59. The summed E-state index contributed by atoms with van der Waals surface area (Å²) in [6, 6.07) is 11.0. The molecule has 3 N–H and O–H groups in total. The molecule has 0 spiro atoms. The largest absolute Gasteiger partial charge is 0.384 e. The van der Waals surface area contributed by atoms with Gasteiger partial charge in [-0.05, 0) is 30.7 Å². The predicted molar refractivity (Wildman–Crippen MR) is 82.8 cm³/mol. The van der Waals surface area contributed by atoms with Gasteiger partial charge in [-0.3, -0.25) is 5.41 Å². The summed E-state index contributed by atoms with van der Waals surface area (Å²) >= 11 is 13.6. The summed E-state index contributed by atoms with van der Waals surface area (Å²) < 4.78 is 0. The average molecular weight is 311 g/mol. The Hall–Kier alpha value is -1.16. The van der Waals surface area contributed by atoms with Crippen molar-refractivity contribution in [2.45, 2.75) is 16.7 Å². The lowest BCUT2D eigenvalue weighted by Crippen LogP contribution is -2.12. The van der Waals surface area contributed by atoms with E-state index in [0.29, 0.717) is 15.6 Å². The highest BCUT2D eigenvalue weighted by Gasteiger charge is 2.12. The van der Waals surface area contributed by atoms with E-state index in [9.17, 15) is 0 Å². The van der Waals surface area contributed by atoms with Gasteiger partial charge in [-0.15, -0.1) is 0 Å². The Balaban J connectivity index is 2.49. The number of halogens is 2. The maximum Gasteiger partial charge on any atom is 0.123 e. The van der Waals surface area contributed by atoms with Crippen molar-refractivity contribution in [2.24, 2.45) is 5.73 Å². The summed E-state index contributed by atoms with van der Waals surface area (Å²) in [7, 11) is 0. The summed E-state index contributed by atoms with van der Waals surface area (Å²) in [6.07, 6.45) is 0. The maximum absolute atomic E-state index is 7.64. The van der Waals surface area contributed by atoms with Gasteiger partial charge in [0.25, 0.3) is 0 Å². The molecule has 19 heavy (non-hydrogen) atoms. The monoisotopic (exact) mass is 310 g/mol. The molecule has 98 valence electrons. The Labute approximate surface area is 126 Å². The molecule has 2 aromatic carbocycles. The van der Waals surface area contributed by atoms with Crippen molar-refractivity contribution < 1.29 is 0 Å². The van der Waals surface area contributed by atoms with Gasteiger partial charge in [0.2, 0.25) is 0 Å². The second-order valence-corrected chi connectivity index (χ2v) is 5.94. The van der Waals surface area contributed by atoms with Crippen LogP contribution < -0.4 is 5.73 Å². The highest BCUT2D eigenvalue weighted by Crippen LogP contribution is 2.38. The van der Waals surface area contributed by atoms with Gasteiger partial charge >= 0.3 is 0 Å². The first-order valence-corrected chi connectivity index (χ1v) is 7.13. The van der Waals surface area contributed by atoms with Crippen molar-refractivity contribution in [3.63, 3.8) is 0 Å². The smallest absolute Gasteiger partial charge is 0.123 e. The summed E-state index contributed by atoms with van der Waals surface area (Å²) in [5, 5.41) is 8.90. The molecule has 0 aliphatic carbocycles. The van der Waals surface area contributed by atoms with Gasteiger partial charge < -0.3 is 5.73 Å². The number of benzene rings is 2. The molecule has 0 atom stereocenters. The molecule has 0 aliphatic rings. The lowest BCUT2D eigenvalue weighted by atomic mass is 10.1. The number of amidine groups is 1. The normalized spacial score (nSPS) is 10.5. The van der Waals surface area contributed by atoms with Crippen LogP contribution in [-0.2, 0) is 0 Å². The van der Waals surface area contributed by atoms with Gasteiger partial charge in [0, 0.05) is 20.4 Å². The summed E-state index contributed by atoms with van der Waals surface area (Å²) in [6.45, 7) is 1.98. The Bertz CT molecular complexity index is 641. The fourth-order valence-corrected chi connectivity index (χ4v) is 3.22. The van der Waals surface area contributed by atoms with Crippen LogP contribution in [0, 0.1) is 12.3 Å². The fraction of sp³-hybridized carbons (Fsp3) is 0.0714. The van der Waals surface area contributed by atoms with Crippen molar-refractivity contribution in [1.82, 2.24) is 0 Å². The lowest BCUT2D eigenvalue weighted by Gasteiger charge is -2.12. The second kappa shape index (κ2) is 5.87. The topological polar surface area (TPSA) is 49.9 Å². The van der Waals surface area contributed by atoms with Crippen LogP contribution in [0.3, 0.4) is 0 Å². The number of aryl methyl sites for hydroxylation is 1. The highest BCUT2D eigenvalue weighted by atomic mass is 35.5. The zero-order chi connectivity index (χ0) is 14.0. The molecule has 2 rings (SSSR count). The third kappa shape index (κ3) is 3.24. The number of rotatable bonds is 3. The number of nitrogens with two attached hydrogens (primary N) is 1. The second-order valence-electron chi connectivity index (χ2n) is 4.04. The van der Waals surface area contributed by atoms with Crippen LogP contribution in [0.2, 0.25) is 10.0 Å². The lowest BCUT2D eigenvalue weighted by molar-refractivity contribution is 1.25. The van der Waals surface area contributed by atoms with Gasteiger partial charge in [0.1, 0.15) is 5.84 Å². The predicted octanol–water partition coefficient (Wildman–Crippen LogP) is 4.74. The van der Waals surface area contributed by atoms with Gasteiger partial charge in [0.15, 0.2) is 0 Å². The summed E-state index contributed by atoms with van der Waals surface area (Å²) in [5.41, 5.74) is 7.38. The van der Waals surface area contributed by atoms with E-state index in [1.54, 1.807) is 12.1 Å². The minimum Gasteiger partial charge on any atom is -0.384 e. The van der Waals surface area contributed by atoms with Crippen LogP contribution >= 0.6 is 35.0 Å². The number of hydrogen-bond donors (Lipinski definition) is 2. The summed E-state index contributed by atoms with van der Waals surface area (Å²) in [5.74, 6) is 0.0457. The molecule has 0 unspecified atom stereocenters. The van der Waals surface area contributed by atoms with Crippen molar-refractivity contribution in [3.8, 4) is 0 Å². The van der Waals surface area contributed by atoms with Crippen LogP contribution in [0.15, 0.2) is 46.2 Å². The van der Waals surface area contributed by atoms with Crippen LogP contribution in [0.25, 0.3) is 0 Å². The van der Waals surface area contributed by atoms with Crippen LogP contribution in [0.4, 0.5) is 0 Å². The number of nitrogen functional groups attached to an aromatic ring is 1. The van der Waals surface area contributed by atoms with E-state index in [4.69, 9.17) is 34.3 Å². The van der Waals surface area contributed by atoms with Gasteiger partial charge in [-0.1, -0.05) is 53.2 Å². The standard InChI is InChI=1S/C14H12Cl2N2S/c1-8-3-2-4-10(14(17)18)13(8)19-12-7-9(15)5-6-11(12)16/h2-7H,1H3,(H3,17,18). The van der Waals surface area contributed by atoms with Crippen molar-refractivity contribution in [1.29, 1.82) is 5.41 Å². The molecule has 0 bridgehead atoms. The van der Waals surface area contributed by atoms with Crippen molar-refractivity contribution in [3.05, 3.63) is 57.6 Å². The Morgan fingerprint density at radius 3 is 2.63 bits per heavy atom. The van der Waals surface area contributed by atoms with Gasteiger partial charge in [-0.25, -0.2) is 0 Å². The third-order valence-electron chi connectivity index (χ3n) is 2.61. The van der Waals surface area contributed by atoms with Crippen molar-refractivity contribution in [2.75, 3.05) is 0 Å². The minimum atomic E-state index is 0.0457. The van der Waals surface area contributed by atoms with E-state index in [1.165, 1.54) is 11.8 Å². The van der Waals surface area contributed by atoms with E-state index in [1.807, 2.05) is 31.2 Å². The fourth-order valence-electron chi connectivity index (χ4n) is 1.67. The van der Waals surface area contributed by atoms with Gasteiger partial charge in [-0.2, -0.15) is 0 Å². The molecule has 0 amide bonds. The summed E-state index contributed by atoms with van der Waals surface area (Å²) in [4.78, 5) is 1.78. The molecule has 0 saturated carbocycles. The Morgan fingerprint density at radius 2 is 1.95 bits per heavy atom. The molecular weight excluding hydrogens is 299 g/mol. The maximum atomic E-state index is 7.64. The van der Waals surface area contributed by atoms with E-state index in [-0.39, 0.29) is 5.84 Å².